The van der Waals surface area contributed by atoms with Crippen molar-refractivity contribution in [3.8, 4) is 0 Å². The van der Waals surface area contributed by atoms with Crippen molar-refractivity contribution in [2.24, 2.45) is 0 Å². The second-order valence-corrected chi connectivity index (χ2v) is 6.98. The smallest absolute Gasteiger partial charge is 0.322 e. The van der Waals surface area contributed by atoms with E-state index in [0.717, 1.165) is 42.6 Å². The van der Waals surface area contributed by atoms with Crippen molar-refractivity contribution in [1.29, 1.82) is 0 Å². The molecule has 2 aliphatic rings. The number of likely N-dealkylation sites (N-methyl/N-ethyl adjacent to an activating group) is 1. The van der Waals surface area contributed by atoms with Gasteiger partial charge in [-0.3, -0.25) is 20.3 Å². The van der Waals surface area contributed by atoms with Crippen LogP contribution in [-0.2, 0) is 9.53 Å². The minimum atomic E-state index is -0.170. The van der Waals surface area contributed by atoms with Gasteiger partial charge in [-0.25, -0.2) is 4.79 Å². The highest BCUT2D eigenvalue weighted by atomic mass is 32.1. The number of anilines is 2. The highest BCUT2D eigenvalue weighted by Crippen LogP contribution is 2.30. The third-order valence-corrected chi connectivity index (χ3v) is 5.23. The average molecular weight is 353 g/mol. The van der Waals surface area contributed by atoms with Crippen molar-refractivity contribution in [2.75, 3.05) is 63.2 Å². The standard InChI is InChI=1S/C15H23N5O3S/c1-18-5-7-19(8-6-18)15(22)17-13-2-3-14(24-13)20(11-21)12-10-23-9-4-16-12/h2-3,11-12,16H,4-10H2,1H3,(H,17,22). The summed E-state index contributed by atoms with van der Waals surface area (Å²) in [6, 6.07) is 3.58. The van der Waals surface area contributed by atoms with Gasteiger partial charge in [0.25, 0.3) is 0 Å². The lowest BCUT2D eigenvalue weighted by Gasteiger charge is -2.32. The zero-order chi connectivity index (χ0) is 16.9. The molecule has 2 fully saturated rings. The Hall–Kier alpha value is -1.68. The number of carbonyl (C=O) groups excluding carboxylic acids is 2. The summed E-state index contributed by atoms with van der Waals surface area (Å²) in [7, 11) is 2.05. The van der Waals surface area contributed by atoms with E-state index in [4.69, 9.17) is 4.74 Å². The number of hydrogen-bond donors (Lipinski definition) is 2. The molecule has 2 N–H and O–H groups in total. The van der Waals surface area contributed by atoms with Gasteiger partial charge >= 0.3 is 6.03 Å². The van der Waals surface area contributed by atoms with E-state index in [1.807, 2.05) is 17.0 Å². The van der Waals surface area contributed by atoms with Gasteiger partial charge in [-0.05, 0) is 19.2 Å². The summed E-state index contributed by atoms with van der Waals surface area (Å²) in [5.74, 6) is 0. The first-order chi connectivity index (χ1) is 11.7. The molecule has 24 heavy (non-hydrogen) atoms. The fraction of sp³-hybridized carbons (Fsp3) is 0.600. The van der Waals surface area contributed by atoms with Gasteiger partial charge in [-0.15, -0.1) is 11.3 Å². The zero-order valence-corrected chi connectivity index (χ0v) is 14.6. The number of amides is 3. The fourth-order valence-corrected chi connectivity index (χ4v) is 3.65. The van der Waals surface area contributed by atoms with Crippen LogP contribution in [-0.4, -0.2) is 81.4 Å². The molecule has 0 radical (unpaired) electrons. The van der Waals surface area contributed by atoms with Gasteiger partial charge in [0, 0.05) is 32.7 Å². The Kier molecular flexibility index (Phi) is 5.67. The topological polar surface area (TPSA) is 77.2 Å². The van der Waals surface area contributed by atoms with Gasteiger partial charge in [0.2, 0.25) is 6.41 Å². The molecule has 2 saturated heterocycles. The Morgan fingerprint density at radius 2 is 2.21 bits per heavy atom. The Bertz CT molecular complexity index is 567. The Morgan fingerprint density at radius 3 is 2.88 bits per heavy atom. The highest BCUT2D eigenvalue weighted by Gasteiger charge is 2.23. The van der Waals surface area contributed by atoms with Crippen molar-refractivity contribution in [3.05, 3.63) is 12.1 Å². The van der Waals surface area contributed by atoms with Crippen LogP contribution >= 0.6 is 11.3 Å². The summed E-state index contributed by atoms with van der Waals surface area (Å²) in [5.41, 5.74) is 0. The molecule has 0 aromatic carbocycles. The minimum Gasteiger partial charge on any atom is -0.377 e. The SMILES string of the molecule is CN1CCN(C(=O)Nc2ccc(N(C=O)C3COCCN3)s2)CC1. The molecular formula is C15H23N5O3S. The van der Waals surface area contributed by atoms with Crippen molar-refractivity contribution in [1.82, 2.24) is 15.1 Å². The first-order valence-corrected chi connectivity index (χ1v) is 8.88. The van der Waals surface area contributed by atoms with Crippen LogP contribution in [0, 0.1) is 0 Å². The molecule has 0 bridgehead atoms. The third-order valence-electron chi connectivity index (χ3n) is 4.22. The Labute approximate surface area is 145 Å². The summed E-state index contributed by atoms with van der Waals surface area (Å²) in [6.07, 6.45) is 0.626. The van der Waals surface area contributed by atoms with Crippen LogP contribution in [0.15, 0.2) is 12.1 Å². The van der Waals surface area contributed by atoms with Crippen molar-refractivity contribution in [2.45, 2.75) is 6.17 Å². The molecule has 1 atom stereocenters. The van der Waals surface area contributed by atoms with Crippen LogP contribution < -0.4 is 15.5 Å². The molecule has 8 nitrogen and oxygen atoms in total. The molecule has 0 spiro atoms. The van der Waals surface area contributed by atoms with E-state index in [-0.39, 0.29) is 12.2 Å². The van der Waals surface area contributed by atoms with Crippen LogP contribution in [0.25, 0.3) is 0 Å². The van der Waals surface area contributed by atoms with Crippen molar-refractivity contribution in [3.63, 3.8) is 0 Å². The maximum absolute atomic E-state index is 12.3. The molecule has 1 unspecified atom stereocenters. The second kappa shape index (κ2) is 7.93. The molecular weight excluding hydrogens is 330 g/mol. The number of piperazine rings is 1. The van der Waals surface area contributed by atoms with Gasteiger partial charge in [0.15, 0.2) is 0 Å². The van der Waals surface area contributed by atoms with E-state index in [9.17, 15) is 9.59 Å². The molecule has 1 aromatic heterocycles. The number of carbonyl (C=O) groups is 2. The molecule has 0 saturated carbocycles. The van der Waals surface area contributed by atoms with E-state index in [0.29, 0.717) is 19.8 Å². The largest absolute Gasteiger partial charge is 0.377 e. The summed E-state index contributed by atoms with van der Waals surface area (Å²) >= 11 is 1.38. The van der Waals surface area contributed by atoms with Gasteiger partial charge in [-0.1, -0.05) is 0 Å². The molecule has 3 amide bonds. The van der Waals surface area contributed by atoms with E-state index in [1.54, 1.807) is 4.90 Å². The molecule has 9 heteroatoms. The maximum Gasteiger partial charge on any atom is 0.322 e. The van der Waals surface area contributed by atoms with Gasteiger partial charge in [0.1, 0.15) is 11.2 Å². The first kappa shape index (κ1) is 17.2. The number of nitrogens with one attached hydrogen (secondary N) is 2. The normalized spacial score (nSPS) is 22.2. The fourth-order valence-electron chi connectivity index (χ4n) is 2.74. The predicted molar refractivity (Wildman–Crippen MR) is 93.6 cm³/mol. The minimum absolute atomic E-state index is 0.0896. The highest BCUT2D eigenvalue weighted by molar-refractivity contribution is 7.20. The number of hydrogen-bond acceptors (Lipinski definition) is 6. The van der Waals surface area contributed by atoms with Gasteiger partial charge in [0.05, 0.1) is 18.2 Å². The van der Waals surface area contributed by atoms with Crippen LogP contribution in [0.2, 0.25) is 0 Å². The molecule has 0 aliphatic carbocycles. The predicted octanol–water partition coefficient (Wildman–Crippen LogP) is 0.436. The lowest BCUT2D eigenvalue weighted by atomic mass is 10.3. The van der Waals surface area contributed by atoms with E-state index in [1.165, 1.54) is 11.3 Å². The van der Waals surface area contributed by atoms with Gasteiger partial charge in [-0.2, -0.15) is 0 Å². The van der Waals surface area contributed by atoms with E-state index in [2.05, 4.69) is 22.6 Å². The molecule has 132 valence electrons. The number of nitrogens with zero attached hydrogens (tertiary/aromatic N) is 3. The van der Waals surface area contributed by atoms with E-state index < -0.39 is 0 Å². The van der Waals surface area contributed by atoms with Crippen molar-refractivity contribution >= 4 is 33.8 Å². The first-order valence-electron chi connectivity index (χ1n) is 8.06. The Balaban J connectivity index is 1.60. The molecule has 3 rings (SSSR count). The van der Waals surface area contributed by atoms with Crippen LogP contribution in [0.3, 0.4) is 0 Å². The summed E-state index contributed by atoms with van der Waals surface area (Å²) in [5, 5.41) is 7.69. The van der Waals surface area contributed by atoms with Gasteiger partial charge < -0.3 is 14.5 Å². The lowest BCUT2D eigenvalue weighted by molar-refractivity contribution is -0.108. The number of thiophene rings is 1. The van der Waals surface area contributed by atoms with Crippen LogP contribution in [0.4, 0.5) is 14.8 Å². The monoisotopic (exact) mass is 353 g/mol. The Morgan fingerprint density at radius 1 is 1.42 bits per heavy atom. The molecule has 3 heterocycles. The molecule has 2 aliphatic heterocycles. The summed E-state index contributed by atoms with van der Waals surface area (Å²) in [6.45, 7) is 5.05. The number of morpholine rings is 1. The second-order valence-electron chi connectivity index (χ2n) is 5.92. The van der Waals surface area contributed by atoms with E-state index >= 15 is 0 Å². The van der Waals surface area contributed by atoms with Crippen LogP contribution in [0.5, 0.6) is 0 Å². The zero-order valence-electron chi connectivity index (χ0n) is 13.7. The lowest BCUT2D eigenvalue weighted by Crippen LogP contribution is -2.52. The van der Waals surface area contributed by atoms with Crippen molar-refractivity contribution < 1.29 is 14.3 Å². The summed E-state index contributed by atoms with van der Waals surface area (Å²) < 4.78 is 5.41. The average Bonchev–Trinajstić information content (AvgIpc) is 3.05. The maximum atomic E-state index is 12.3. The number of ether oxygens (including phenoxy) is 1. The quantitative estimate of drug-likeness (QED) is 0.768. The molecule has 1 aromatic rings. The number of urea groups is 1. The third kappa shape index (κ3) is 4.04. The number of rotatable bonds is 4. The summed E-state index contributed by atoms with van der Waals surface area (Å²) in [4.78, 5) is 29.4. The van der Waals surface area contributed by atoms with Crippen LogP contribution in [0.1, 0.15) is 0 Å².